The Morgan fingerprint density at radius 2 is 0.893 bits per heavy atom. The summed E-state index contributed by atoms with van der Waals surface area (Å²) in [5, 5.41) is 41.5. The average molecular weight is 1650 g/mol. The molecule has 652 valence electrons. The summed E-state index contributed by atoms with van der Waals surface area (Å²) < 4.78 is 11.7. The van der Waals surface area contributed by atoms with E-state index in [9.17, 15) is 39.6 Å². The van der Waals surface area contributed by atoms with E-state index in [4.69, 9.17) is 19.2 Å². The van der Waals surface area contributed by atoms with Gasteiger partial charge in [-0.05, 0) is 252 Å². The third-order valence-electron chi connectivity index (χ3n) is 23.3. The molecule has 2 heterocycles. The summed E-state index contributed by atoms with van der Waals surface area (Å²) in [6, 6.07) is 0. The van der Waals surface area contributed by atoms with E-state index in [1.807, 2.05) is 207 Å². The zero-order chi connectivity index (χ0) is 90.5. The van der Waals surface area contributed by atoms with Crippen LogP contribution in [-0.4, -0.2) is 92.1 Å². The van der Waals surface area contributed by atoms with Crippen LogP contribution in [0.25, 0.3) is 0 Å². The van der Waals surface area contributed by atoms with Gasteiger partial charge in [0.2, 0.25) is 0 Å². The molecule has 121 heavy (non-hydrogen) atoms. The zero-order valence-electron chi connectivity index (χ0n) is 77.9. The Kier molecular flexibility index (Phi) is 39.1. The lowest BCUT2D eigenvalue weighted by Gasteiger charge is -2.44. The maximum atomic E-state index is 12.5. The van der Waals surface area contributed by atoms with Crippen molar-refractivity contribution in [1.82, 2.24) is 0 Å². The normalized spacial score (nSPS) is 27.3. The second-order valence-electron chi connectivity index (χ2n) is 37.4. The number of carbonyl (C=O) groups excluding carboxylic acids is 4. The van der Waals surface area contributed by atoms with Gasteiger partial charge in [-0.2, -0.15) is 0 Å². The van der Waals surface area contributed by atoms with Crippen LogP contribution in [0.2, 0.25) is 0 Å². The standard InChI is InChI=1S/C40H52O4.C39H52O7.C30H40O/c1-27(17-13-19-29(3)21-23-33-31(5)37(43)35(41)25-39(33,7)8)15-11-12-16-28(2)18-14-20-30(4)22-24-34-32(6)38(44)36(42)26-40(34,9)10;1-10-43-45-32-25-35(4,5)33(37(8,42)26-32)18-17-27(2)15-13-11-12-14-16-28(3)21-31-22-29(34(41)44-31)19-20-39-36(6,7)23-30(40)24-38(39,9)46-39;1-24(13-8-9-14-25(2)16-11-18-27(4)23-31)15-10-17-26(3)20-21-29-28(5)19-12-22-30(29,6)7/h11-24,35-36,41-42H,25-26H2,1-10H3;11-17,19-22,30,32,40,42H,10,23-26H2,1-9H3;8-11,13-18,20-21,23H,12,19,22H2,1-7H3/b12-11+,17-13+,18-14+,23-21+,24-22+,27-15+,28-16+,29-19+,30-20+;13-11+,14-12+,20-19+,27-15+,28-16+,31-21-;9-8+,15-10+,16-11+,21-20+,24-13+,25-14+,26-17+,27-18+/t35-,36-;18?,30-,32-,37+,38+,39-;/m00./s1. The summed E-state index contributed by atoms with van der Waals surface area (Å²) in [7, 11) is 0. The molecule has 5 aliphatic carbocycles. The highest BCUT2D eigenvalue weighted by atomic mass is 17.2. The van der Waals surface area contributed by atoms with Crippen LogP contribution in [0.15, 0.2) is 337 Å². The minimum atomic E-state index is -1.03. The molecule has 12 heteroatoms. The quantitative estimate of drug-likeness (QED) is 0.00812. The summed E-state index contributed by atoms with van der Waals surface area (Å²) in [4.78, 5) is 58.2. The molecule has 0 aromatic rings. The van der Waals surface area contributed by atoms with E-state index >= 15 is 0 Å². The molecule has 0 spiro atoms. The molecule has 0 unspecified atom stereocenters. The van der Waals surface area contributed by atoms with Gasteiger partial charge in [-0.3, -0.25) is 14.4 Å². The number of fused-ring (bicyclic) bond motifs is 1. The highest BCUT2D eigenvalue weighted by Crippen LogP contribution is 2.66. The lowest BCUT2D eigenvalue weighted by Crippen LogP contribution is -2.46. The fraction of sp³-hybridized carbons (Fsp3) is 0.440. The molecule has 0 amide bonds. The third-order valence-corrected chi connectivity index (χ3v) is 23.3. The topological polar surface area (TPSA) is 189 Å². The number of carbonyl (C=O) groups is 4. The maximum absolute atomic E-state index is 12.5. The van der Waals surface area contributed by atoms with Crippen molar-refractivity contribution in [1.29, 1.82) is 0 Å². The van der Waals surface area contributed by atoms with E-state index in [2.05, 4.69) is 170 Å². The predicted molar refractivity (Wildman–Crippen MR) is 503 cm³/mol. The van der Waals surface area contributed by atoms with Crippen molar-refractivity contribution in [2.45, 2.75) is 279 Å². The van der Waals surface area contributed by atoms with Gasteiger partial charge in [0, 0.05) is 23.8 Å². The first-order valence-corrected chi connectivity index (χ1v) is 43.0. The van der Waals surface area contributed by atoms with Gasteiger partial charge in [-0.1, -0.05) is 308 Å². The molecule has 7 atom stereocenters. The summed E-state index contributed by atoms with van der Waals surface area (Å²) >= 11 is 0. The summed E-state index contributed by atoms with van der Waals surface area (Å²) in [6.45, 7) is 53.6. The fourth-order valence-corrected chi connectivity index (χ4v) is 16.7. The lowest BCUT2D eigenvalue weighted by molar-refractivity contribution is -0.334. The van der Waals surface area contributed by atoms with Gasteiger partial charge in [0.05, 0.1) is 30.0 Å². The van der Waals surface area contributed by atoms with Gasteiger partial charge >= 0.3 is 5.97 Å². The van der Waals surface area contributed by atoms with Crippen LogP contribution >= 0.6 is 0 Å². The Labute approximate surface area is 727 Å². The molecule has 1 saturated heterocycles. The Morgan fingerprint density at radius 3 is 1.32 bits per heavy atom. The van der Waals surface area contributed by atoms with E-state index < -0.39 is 29.0 Å². The highest BCUT2D eigenvalue weighted by Gasteiger charge is 2.74. The number of ether oxygens (including phenoxy) is 2. The SMILES string of the molecule is CC1=C(/C=C/C(C)=C/C=C/C(C)=C/C=C/C=C(C)/C=C/C=C(C)/C=C/C2=C(C)C(=O)[C@@H](O)CC2(C)C)C(C)(C)C[C@H](O)C1=O.CC1=C(/C=C/C(C)=C/C=C/C(C)=C/C=C/C=C(C)/C=C/C=C(\C)C=O)C(C)(C)CCC1.CCOO[C@H]1CC(C)(C)C(=C=C/C(C)=C/C=C/C=C/C=C(C)/C=C2C=C(/C=C/[C@@]34O[C@]3(C)C[C@@H](O)CC4(C)C)C(=O)O/2)[C@](C)(O)C1. The molecule has 0 radical (unpaired) electrons. The van der Waals surface area contributed by atoms with Crippen molar-refractivity contribution < 1.29 is 58.9 Å². The Hall–Kier alpha value is -9.30. The van der Waals surface area contributed by atoms with Crippen LogP contribution in [0.4, 0.5) is 0 Å². The number of hydrogen-bond acceptors (Lipinski definition) is 12. The summed E-state index contributed by atoms with van der Waals surface area (Å²) in [5.74, 6) is -0.240. The molecule has 4 N–H and O–H groups in total. The number of epoxide rings is 1. The van der Waals surface area contributed by atoms with Crippen LogP contribution in [-0.2, 0) is 38.4 Å². The van der Waals surface area contributed by atoms with E-state index in [1.165, 1.54) is 41.6 Å². The largest absolute Gasteiger partial charge is 0.423 e. The number of aliphatic hydroxyl groups is 4. The van der Waals surface area contributed by atoms with Crippen molar-refractivity contribution in [2.75, 3.05) is 6.61 Å². The number of esters is 1. The molecule has 0 bridgehead atoms. The van der Waals surface area contributed by atoms with Gasteiger partial charge in [-0.15, -0.1) is 5.73 Å². The van der Waals surface area contributed by atoms with E-state index in [0.717, 1.165) is 74.0 Å². The predicted octanol–water partition coefficient (Wildman–Crippen LogP) is 25.2. The fourth-order valence-electron chi connectivity index (χ4n) is 16.7. The van der Waals surface area contributed by atoms with Crippen molar-refractivity contribution in [3.8, 4) is 0 Å². The Bertz CT molecular complexity index is 4610. The molecule has 7 rings (SSSR count). The van der Waals surface area contributed by atoms with E-state index in [1.54, 1.807) is 32.9 Å². The van der Waals surface area contributed by atoms with Crippen LogP contribution in [0.5, 0.6) is 0 Å². The van der Waals surface area contributed by atoms with E-state index in [0.29, 0.717) is 61.2 Å². The van der Waals surface area contributed by atoms with Gasteiger partial charge < -0.3 is 29.9 Å². The minimum absolute atomic E-state index is 0.166. The van der Waals surface area contributed by atoms with Crippen molar-refractivity contribution >= 4 is 23.8 Å². The number of aldehydes is 1. The van der Waals surface area contributed by atoms with Crippen LogP contribution < -0.4 is 0 Å². The van der Waals surface area contributed by atoms with Gasteiger partial charge in [-0.25, -0.2) is 14.6 Å². The van der Waals surface area contributed by atoms with Crippen molar-refractivity contribution in [3.05, 3.63) is 337 Å². The number of ketones is 2. The first-order valence-electron chi connectivity index (χ1n) is 43.0. The van der Waals surface area contributed by atoms with Crippen molar-refractivity contribution in [3.63, 3.8) is 0 Å². The number of Topliss-reactive ketones (excluding diaryl/α,β-unsaturated/α-hetero) is 2. The van der Waals surface area contributed by atoms with E-state index in [-0.39, 0.29) is 56.8 Å². The second-order valence-corrected chi connectivity index (χ2v) is 37.4. The second kappa shape index (κ2) is 46.3. The number of allylic oxidation sites excluding steroid dienone is 48. The molecular weight excluding hydrogens is 1500 g/mol. The molecule has 12 nitrogen and oxygen atoms in total. The van der Waals surface area contributed by atoms with Gasteiger partial charge in [0.15, 0.2) is 11.6 Å². The highest BCUT2D eigenvalue weighted by molar-refractivity contribution is 6.01. The molecule has 0 aromatic heterocycles. The molecule has 7 aliphatic rings. The molecule has 3 fully saturated rings. The number of rotatable bonds is 29. The number of aliphatic hydroxyl groups excluding tert-OH is 3. The number of hydrogen-bond donors (Lipinski definition) is 4. The van der Waals surface area contributed by atoms with Gasteiger partial charge in [0.1, 0.15) is 35.5 Å². The average Bonchev–Trinajstić information content (AvgIpc) is 1.50. The Morgan fingerprint density at radius 1 is 0.479 bits per heavy atom. The first kappa shape index (κ1) is 102. The minimum Gasteiger partial charge on any atom is -0.423 e. The first-order chi connectivity index (χ1) is 56.5. The van der Waals surface area contributed by atoms with Crippen LogP contribution in [0, 0.1) is 27.1 Å². The van der Waals surface area contributed by atoms with Crippen LogP contribution in [0.3, 0.4) is 0 Å². The van der Waals surface area contributed by atoms with Crippen LogP contribution in [0.1, 0.15) is 238 Å². The third kappa shape index (κ3) is 31.8. The monoisotopic (exact) mass is 1650 g/mol. The molecule has 2 saturated carbocycles. The summed E-state index contributed by atoms with van der Waals surface area (Å²) in [6.07, 6.45) is 79.8. The zero-order valence-corrected chi connectivity index (χ0v) is 77.9. The summed E-state index contributed by atoms with van der Waals surface area (Å²) in [5.41, 5.74) is 19.0. The lowest BCUT2D eigenvalue weighted by atomic mass is 9.63. The molecule has 0 aromatic carbocycles. The Balaban J connectivity index is 0.000000330. The van der Waals surface area contributed by atoms with Crippen molar-refractivity contribution in [2.24, 2.45) is 27.1 Å². The van der Waals surface area contributed by atoms with Gasteiger partial charge in [0.25, 0.3) is 0 Å². The number of cyclic esters (lactones) is 1. The molecular formula is C109H144O12. The maximum Gasteiger partial charge on any atom is 0.343 e. The molecule has 2 aliphatic heterocycles. The smallest absolute Gasteiger partial charge is 0.343 e.